The first-order valence-corrected chi connectivity index (χ1v) is 9.37. The molecule has 0 radical (unpaired) electrons. The minimum absolute atomic E-state index is 0.110. The molecule has 0 unspecified atom stereocenters. The van der Waals surface area contributed by atoms with Gasteiger partial charge in [0.05, 0.1) is 20.1 Å². The second-order valence-corrected chi connectivity index (χ2v) is 6.98. The van der Waals surface area contributed by atoms with Crippen LogP contribution in [0.5, 0.6) is 17.2 Å². The average molecular weight is 404 g/mol. The molecule has 7 heteroatoms. The van der Waals surface area contributed by atoms with Crippen LogP contribution >= 0.6 is 11.6 Å². The summed E-state index contributed by atoms with van der Waals surface area (Å²) < 4.78 is 15.9. The molecule has 0 aliphatic carbocycles. The van der Waals surface area contributed by atoms with E-state index in [0.29, 0.717) is 53.8 Å². The van der Waals surface area contributed by atoms with Crippen molar-refractivity contribution in [3.8, 4) is 17.2 Å². The monoisotopic (exact) mass is 403 g/mol. The average Bonchev–Trinajstić information content (AvgIpc) is 2.74. The third kappa shape index (κ3) is 4.75. The number of hydrogen-bond donors (Lipinski definition) is 0. The van der Waals surface area contributed by atoms with Crippen LogP contribution in [0.4, 0.5) is 0 Å². The Kier molecular flexibility index (Phi) is 6.41. The van der Waals surface area contributed by atoms with Crippen LogP contribution < -0.4 is 14.2 Å². The number of amides is 1. The van der Waals surface area contributed by atoms with Crippen LogP contribution in [-0.2, 0) is 4.79 Å². The van der Waals surface area contributed by atoms with Crippen molar-refractivity contribution in [3.63, 3.8) is 0 Å². The van der Waals surface area contributed by atoms with Gasteiger partial charge in [0.15, 0.2) is 0 Å². The Morgan fingerprint density at radius 3 is 2.04 bits per heavy atom. The first-order valence-electron chi connectivity index (χ1n) is 8.99. The summed E-state index contributed by atoms with van der Waals surface area (Å²) in [5.74, 6) is 0.961. The third-order valence-corrected chi connectivity index (χ3v) is 5.00. The molecule has 3 rings (SSSR count). The smallest absolute Gasteiger partial charge is 0.314 e. The lowest BCUT2D eigenvalue weighted by molar-refractivity contribution is -0.140. The summed E-state index contributed by atoms with van der Waals surface area (Å²) in [5.41, 5.74) is 0.499. The van der Waals surface area contributed by atoms with Crippen LogP contribution in [0.2, 0.25) is 5.02 Å². The minimum Gasteiger partial charge on any atom is -0.497 e. The van der Waals surface area contributed by atoms with E-state index in [-0.39, 0.29) is 17.8 Å². The molecule has 0 saturated carbocycles. The number of hydrogen-bond acceptors (Lipinski definition) is 5. The fourth-order valence-electron chi connectivity index (χ4n) is 3.13. The fraction of sp³-hybridized carbons (Fsp3) is 0.333. The van der Waals surface area contributed by atoms with E-state index in [1.165, 1.54) is 0 Å². The van der Waals surface area contributed by atoms with E-state index in [4.69, 9.17) is 25.8 Å². The van der Waals surface area contributed by atoms with Gasteiger partial charge < -0.3 is 19.1 Å². The van der Waals surface area contributed by atoms with E-state index in [0.717, 1.165) is 0 Å². The molecule has 1 amide bonds. The molecule has 0 N–H and O–H groups in total. The minimum atomic E-state index is -0.280. The molecular formula is C21H22ClNO5. The van der Waals surface area contributed by atoms with Crippen molar-refractivity contribution in [3.05, 3.63) is 53.1 Å². The Labute approximate surface area is 168 Å². The van der Waals surface area contributed by atoms with Crippen molar-refractivity contribution in [1.82, 2.24) is 4.90 Å². The summed E-state index contributed by atoms with van der Waals surface area (Å²) in [6.45, 7) is 0.970. The van der Waals surface area contributed by atoms with Crippen LogP contribution in [0.1, 0.15) is 23.2 Å². The largest absolute Gasteiger partial charge is 0.497 e. The highest BCUT2D eigenvalue weighted by Crippen LogP contribution is 2.26. The van der Waals surface area contributed by atoms with Gasteiger partial charge in [-0.05, 0) is 49.2 Å². The van der Waals surface area contributed by atoms with Crippen LogP contribution in [0.3, 0.4) is 0 Å². The van der Waals surface area contributed by atoms with Crippen molar-refractivity contribution in [2.45, 2.75) is 12.8 Å². The molecule has 0 spiro atoms. The SMILES string of the molecule is COc1cc(OC)cc(C(=O)N2CCC(C(=O)Oc3ccc(Cl)cc3)CC2)c1. The topological polar surface area (TPSA) is 65.1 Å². The van der Waals surface area contributed by atoms with E-state index in [2.05, 4.69) is 0 Å². The van der Waals surface area contributed by atoms with E-state index >= 15 is 0 Å². The molecule has 28 heavy (non-hydrogen) atoms. The van der Waals surface area contributed by atoms with Crippen molar-refractivity contribution in [1.29, 1.82) is 0 Å². The van der Waals surface area contributed by atoms with Crippen molar-refractivity contribution >= 4 is 23.5 Å². The zero-order valence-corrected chi connectivity index (χ0v) is 16.6. The summed E-state index contributed by atoms with van der Waals surface area (Å²) in [6, 6.07) is 11.8. The Hall–Kier alpha value is -2.73. The van der Waals surface area contributed by atoms with Gasteiger partial charge in [-0.2, -0.15) is 0 Å². The Morgan fingerprint density at radius 2 is 1.50 bits per heavy atom. The maximum Gasteiger partial charge on any atom is 0.314 e. The maximum absolute atomic E-state index is 12.8. The number of likely N-dealkylation sites (tertiary alicyclic amines) is 1. The standard InChI is InChI=1S/C21H22ClNO5/c1-26-18-11-15(12-19(13-18)27-2)20(24)23-9-7-14(8-10-23)21(25)28-17-5-3-16(22)4-6-17/h3-6,11-14H,7-10H2,1-2H3. The van der Waals surface area contributed by atoms with Gasteiger partial charge in [0, 0.05) is 29.7 Å². The van der Waals surface area contributed by atoms with Crippen LogP contribution in [0.15, 0.2) is 42.5 Å². The molecular weight excluding hydrogens is 382 g/mol. The maximum atomic E-state index is 12.8. The second-order valence-electron chi connectivity index (χ2n) is 6.54. The lowest BCUT2D eigenvalue weighted by atomic mass is 9.96. The zero-order valence-electron chi connectivity index (χ0n) is 15.8. The van der Waals surface area contributed by atoms with Gasteiger partial charge in [0.1, 0.15) is 17.2 Å². The summed E-state index contributed by atoms with van der Waals surface area (Å²) >= 11 is 5.84. The molecule has 0 aromatic heterocycles. The molecule has 1 heterocycles. The number of esters is 1. The lowest BCUT2D eigenvalue weighted by Gasteiger charge is -2.31. The quantitative estimate of drug-likeness (QED) is 0.561. The number of carbonyl (C=O) groups excluding carboxylic acids is 2. The van der Waals surface area contributed by atoms with Crippen molar-refractivity contribution < 1.29 is 23.8 Å². The number of halogens is 1. The second kappa shape index (κ2) is 8.97. The van der Waals surface area contributed by atoms with Crippen molar-refractivity contribution in [2.75, 3.05) is 27.3 Å². The summed E-state index contributed by atoms with van der Waals surface area (Å²) in [6.07, 6.45) is 1.11. The van der Waals surface area contributed by atoms with Gasteiger partial charge >= 0.3 is 5.97 Å². The lowest BCUT2D eigenvalue weighted by Crippen LogP contribution is -2.41. The predicted octanol–water partition coefficient (Wildman–Crippen LogP) is 3.82. The molecule has 1 aliphatic rings. The fourth-order valence-corrected chi connectivity index (χ4v) is 3.26. The number of rotatable bonds is 5. The molecule has 6 nitrogen and oxygen atoms in total. The van der Waals surface area contributed by atoms with Gasteiger partial charge in [-0.1, -0.05) is 11.6 Å². The molecule has 148 valence electrons. The van der Waals surface area contributed by atoms with Gasteiger partial charge in [-0.25, -0.2) is 0 Å². The molecule has 2 aromatic carbocycles. The zero-order chi connectivity index (χ0) is 20.1. The summed E-state index contributed by atoms with van der Waals surface area (Å²) in [5, 5.41) is 0.584. The van der Waals surface area contributed by atoms with E-state index in [1.807, 2.05) is 0 Å². The van der Waals surface area contributed by atoms with Crippen molar-refractivity contribution in [2.24, 2.45) is 5.92 Å². The highest BCUT2D eigenvalue weighted by atomic mass is 35.5. The molecule has 1 fully saturated rings. The van der Waals surface area contributed by atoms with Gasteiger partial charge in [0.25, 0.3) is 5.91 Å². The first-order chi connectivity index (χ1) is 13.5. The number of nitrogens with zero attached hydrogens (tertiary/aromatic N) is 1. The number of ether oxygens (including phenoxy) is 3. The molecule has 2 aromatic rings. The summed E-state index contributed by atoms with van der Waals surface area (Å²) in [4.78, 5) is 26.9. The highest BCUT2D eigenvalue weighted by Gasteiger charge is 2.29. The number of piperidine rings is 1. The van der Waals surface area contributed by atoms with Gasteiger partial charge in [-0.15, -0.1) is 0 Å². The van der Waals surface area contributed by atoms with Gasteiger partial charge in [-0.3, -0.25) is 9.59 Å². The molecule has 0 atom stereocenters. The number of benzene rings is 2. The Morgan fingerprint density at radius 1 is 0.929 bits per heavy atom. The molecule has 1 saturated heterocycles. The van der Waals surface area contributed by atoms with E-state index in [9.17, 15) is 9.59 Å². The van der Waals surface area contributed by atoms with Crippen LogP contribution in [-0.4, -0.2) is 44.1 Å². The highest BCUT2D eigenvalue weighted by molar-refractivity contribution is 6.30. The number of methoxy groups -OCH3 is 2. The first kappa shape index (κ1) is 20.0. The van der Waals surface area contributed by atoms with Crippen LogP contribution in [0, 0.1) is 5.92 Å². The molecule has 1 aliphatic heterocycles. The third-order valence-electron chi connectivity index (χ3n) is 4.75. The predicted molar refractivity (Wildman–Crippen MR) is 105 cm³/mol. The summed E-state index contributed by atoms with van der Waals surface area (Å²) in [7, 11) is 3.08. The number of carbonyl (C=O) groups is 2. The normalized spacial score (nSPS) is 14.5. The molecule has 0 bridgehead atoms. The Bertz CT molecular complexity index is 822. The Balaban J connectivity index is 1.59. The van der Waals surface area contributed by atoms with Gasteiger partial charge in [0.2, 0.25) is 0 Å². The van der Waals surface area contributed by atoms with Crippen LogP contribution in [0.25, 0.3) is 0 Å². The van der Waals surface area contributed by atoms with E-state index in [1.54, 1.807) is 61.6 Å². The van der Waals surface area contributed by atoms with E-state index < -0.39 is 0 Å².